The number of anilines is 1. The number of hydrogen-bond acceptors (Lipinski definition) is 10. The van der Waals surface area contributed by atoms with Crippen molar-refractivity contribution in [3.63, 3.8) is 0 Å². The van der Waals surface area contributed by atoms with Crippen LogP contribution in [0.25, 0.3) is 0 Å². The zero-order chi connectivity index (χ0) is 41.4. The molecule has 0 saturated carbocycles. The first-order chi connectivity index (χ1) is 28.4. The molecule has 312 valence electrons. The van der Waals surface area contributed by atoms with E-state index in [1.54, 1.807) is 18.2 Å². The molecule has 1 N–H and O–H groups in total. The first-order valence-corrected chi connectivity index (χ1v) is 20.9. The summed E-state index contributed by atoms with van der Waals surface area (Å²) in [7, 11) is 4.28. The number of amides is 5. The van der Waals surface area contributed by atoms with Gasteiger partial charge in [0, 0.05) is 95.1 Å². The fourth-order valence-electron chi connectivity index (χ4n) is 9.56. The molecule has 5 aliphatic heterocycles. The predicted molar refractivity (Wildman–Crippen MR) is 220 cm³/mol. The second-order valence-electron chi connectivity index (χ2n) is 17.0. The number of benzene rings is 3. The molecule has 3 atom stereocenters. The number of piperazine rings is 1. The molecule has 4 fully saturated rings. The standard InChI is InChI=1S/C45H54FN7O6/c1-29-5-4-6-38(46)36(29)25-50-26-37(40(27-50)48(2)3)31-7-9-32(10-8-31)51-21-19-49(20-22-51)24-30-15-17-52(18-16-30)42(55)28-59-33-11-12-34-35(23-33)45(58)53(44(34)57)39-13-14-41(54)47-43(39)56/h4-12,23,30,37,39-40H,13-22,24-28H2,1-3H3,(H,47,54,56)/t37-,39?,40+/m1/s1. The van der Waals surface area contributed by atoms with E-state index in [4.69, 9.17) is 4.74 Å². The van der Waals surface area contributed by atoms with E-state index in [0.717, 1.165) is 74.7 Å². The van der Waals surface area contributed by atoms with Crippen LogP contribution in [0.1, 0.15) is 69.0 Å². The van der Waals surface area contributed by atoms with E-state index >= 15 is 0 Å². The molecule has 13 nitrogen and oxygen atoms in total. The normalized spacial score (nSPS) is 23.3. The second-order valence-corrected chi connectivity index (χ2v) is 17.0. The molecule has 5 heterocycles. The van der Waals surface area contributed by atoms with Gasteiger partial charge in [0.1, 0.15) is 17.6 Å². The fraction of sp³-hybridized carbons (Fsp3) is 0.489. The third kappa shape index (κ3) is 8.62. The van der Waals surface area contributed by atoms with E-state index in [9.17, 15) is 28.4 Å². The van der Waals surface area contributed by atoms with Crippen LogP contribution in [0.4, 0.5) is 10.1 Å². The summed E-state index contributed by atoms with van der Waals surface area (Å²) < 4.78 is 20.5. The highest BCUT2D eigenvalue weighted by molar-refractivity contribution is 6.23. The molecule has 3 aromatic rings. The van der Waals surface area contributed by atoms with Crippen molar-refractivity contribution in [2.75, 3.05) is 84.5 Å². The third-order valence-corrected chi connectivity index (χ3v) is 13.1. The van der Waals surface area contributed by atoms with Crippen molar-refractivity contribution in [3.8, 4) is 5.75 Å². The lowest BCUT2D eigenvalue weighted by atomic mass is 9.93. The molecule has 5 amide bonds. The molecule has 0 spiro atoms. The van der Waals surface area contributed by atoms with Gasteiger partial charge in [-0.05, 0) is 93.7 Å². The van der Waals surface area contributed by atoms with Gasteiger partial charge in [-0.1, -0.05) is 24.3 Å². The molecular weight excluding hydrogens is 754 g/mol. The van der Waals surface area contributed by atoms with Crippen LogP contribution in [-0.2, 0) is 20.9 Å². The summed E-state index contributed by atoms with van der Waals surface area (Å²) in [5.74, 6) is -1.39. The molecule has 59 heavy (non-hydrogen) atoms. The largest absolute Gasteiger partial charge is 0.484 e. The van der Waals surface area contributed by atoms with Crippen LogP contribution >= 0.6 is 0 Å². The lowest BCUT2D eigenvalue weighted by Gasteiger charge is -2.39. The van der Waals surface area contributed by atoms with Gasteiger partial charge in [-0.3, -0.25) is 44.0 Å². The number of carbonyl (C=O) groups excluding carboxylic acids is 5. The SMILES string of the molecule is Cc1cccc(F)c1CN1C[C@H](c2ccc(N3CCN(CC4CCN(C(=O)COc5ccc6c(c5)C(=O)N(C5CCC(=O)NC5=O)C6=O)CC4)CC3)cc2)[C@@H](N(C)C)C1. The lowest BCUT2D eigenvalue weighted by Crippen LogP contribution is -2.54. The van der Waals surface area contributed by atoms with Crippen molar-refractivity contribution < 1.29 is 33.1 Å². The van der Waals surface area contributed by atoms with Gasteiger partial charge in [0.2, 0.25) is 11.8 Å². The topological polar surface area (TPSA) is 126 Å². The summed E-state index contributed by atoms with van der Waals surface area (Å²) in [6, 6.07) is 18.2. The maximum atomic E-state index is 14.7. The molecule has 0 aromatic heterocycles. The highest BCUT2D eigenvalue weighted by Crippen LogP contribution is 2.34. The molecular formula is C45H54FN7O6. The van der Waals surface area contributed by atoms with E-state index in [2.05, 4.69) is 63.3 Å². The summed E-state index contributed by atoms with van der Waals surface area (Å²) in [6.07, 6.45) is 1.97. The average molecular weight is 808 g/mol. The van der Waals surface area contributed by atoms with Crippen LogP contribution in [0.2, 0.25) is 0 Å². The Morgan fingerprint density at radius 2 is 1.58 bits per heavy atom. The summed E-state index contributed by atoms with van der Waals surface area (Å²) in [5, 5.41) is 2.19. The summed E-state index contributed by atoms with van der Waals surface area (Å²) in [4.78, 5) is 75.7. The Bertz CT molecular complexity index is 2080. The van der Waals surface area contributed by atoms with Crippen molar-refractivity contribution in [2.45, 2.75) is 57.2 Å². The number of hydrogen-bond donors (Lipinski definition) is 1. The molecule has 0 bridgehead atoms. The van der Waals surface area contributed by atoms with Crippen LogP contribution in [0.5, 0.6) is 5.75 Å². The van der Waals surface area contributed by atoms with Crippen molar-refractivity contribution in [3.05, 3.63) is 94.3 Å². The molecule has 0 aliphatic carbocycles. The number of piperidine rings is 2. The minimum absolute atomic E-state index is 0.0479. The monoisotopic (exact) mass is 807 g/mol. The van der Waals surface area contributed by atoms with Crippen LogP contribution in [-0.4, -0.2) is 146 Å². The second kappa shape index (κ2) is 17.2. The Morgan fingerprint density at radius 1 is 0.847 bits per heavy atom. The van der Waals surface area contributed by atoms with Gasteiger partial charge >= 0.3 is 0 Å². The quantitative estimate of drug-likeness (QED) is 0.288. The number of carbonyl (C=O) groups is 5. The Hall–Kier alpha value is -5.18. The molecule has 0 radical (unpaired) electrons. The van der Waals surface area contributed by atoms with E-state index < -0.39 is 29.7 Å². The number of ether oxygens (including phenoxy) is 1. The van der Waals surface area contributed by atoms with Gasteiger partial charge < -0.3 is 19.4 Å². The van der Waals surface area contributed by atoms with Crippen LogP contribution in [0, 0.1) is 18.7 Å². The zero-order valence-corrected chi connectivity index (χ0v) is 34.2. The Morgan fingerprint density at radius 3 is 2.27 bits per heavy atom. The Kier molecular flexibility index (Phi) is 11.8. The number of likely N-dealkylation sites (tertiary alicyclic amines) is 2. The maximum absolute atomic E-state index is 14.7. The number of likely N-dealkylation sites (N-methyl/N-ethyl adjacent to an activating group) is 1. The van der Waals surface area contributed by atoms with Gasteiger partial charge in [-0.15, -0.1) is 0 Å². The minimum Gasteiger partial charge on any atom is -0.484 e. The van der Waals surface area contributed by atoms with Crippen LogP contribution < -0.4 is 15.0 Å². The van der Waals surface area contributed by atoms with Crippen molar-refractivity contribution >= 4 is 35.2 Å². The molecule has 1 unspecified atom stereocenters. The number of fused-ring (bicyclic) bond motifs is 1. The number of rotatable bonds is 11. The zero-order valence-electron chi connectivity index (χ0n) is 34.2. The molecule has 3 aromatic carbocycles. The van der Waals surface area contributed by atoms with Crippen LogP contribution in [0.15, 0.2) is 60.7 Å². The van der Waals surface area contributed by atoms with Crippen molar-refractivity contribution in [2.24, 2.45) is 5.92 Å². The van der Waals surface area contributed by atoms with E-state index in [1.165, 1.54) is 23.4 Å². The highest BCUT2D eigenvalue weighted by Gasteiger charge is 2.45. The van der Waals surface area contributed by atoms with Crippen LogP contribution in [0.3, 0.4) is 0 Å². The summed E-state index contributed by atoms with van der Waals surface area (Å²) in [5.41, 5.74) is 4.64. The highest BCUT2D eigenvalue weighted by atomic mass is 19.1. The fourth-order valence-corrected chi connectivity index (χ4v) is 9.56. The van der Waals surface area contributed by atoms with Gasteiger partial charge in [0.15, 0.2) is 6.61 Å². The summed E-state index contributed by atoms with van der Waals surface area (Å²) >= 11 is 0. The van der Waals surface area contributed by atoms with E-state index in [0.29, 0.717) is 43.3 Å². The first-order valence-electron chi connectivity index (χ1n) is 20.9. The molecule has 5 aliphatic rings. The number of nitrogens with zero attached hydrogens (tertiary/aromatic N) is 6. The van der Waals surface area contributed by atoms with Gasteiger partial charge in [0.05, 0.1) is 11.1 Å². The number of imide groups is 2. The van der Waals surface area contributed by atoms with Gasteiger partial charge in [0.25, 0.3) is 17.7 Å². The maximum Gasteiger partial charge on any atom is 0.262 e. The Labute approximate surface area is 345 Å². The minimum atomic E-state index is -1.04. The van der Waals surface area contributed by atoms with Gasteiger partial charge in [-0.2, -0.15) is 0 Å². The number of aryl methyl sites for hydroxylation is 1. The molecule has 4 saturated heterocycles. The smallest absolute Gasteiger partial charge is 0.262 e. The average Bonchev–Trinajstić information content (AvgIpc) is 3.77. The number of halogens is 1. The summed E-state index contributed by atoms with van der Waals surface area (Å²) in [6.45, 7) is 10.5. The third-order valence-electron chi connectivity index (χ3n) is 13.1. The Balaban J connectivity index is 0.766. The predicted octanol–water partition coefficient (Wildman–Crippen LogP) is 3.50. The van der Waals surface area contributed by atoms with E-state index in [-0.39, 0.29) is 42.3 Å². The van der Waals surface area contributed by atoms with Gasteiger partial charge in [-0.25, -0.2) is 4.39 Å². The first kappa shape index (κ1) is 40.6. The molecule has 8 rings (SSSR count). The van der Waals surface area contributed by atoms with Crippen molar-refractivity contribution in [1.29, 1.82) is 0 Å². The lowest BCUT2D eigenvalue weighted by molar-refractivity contribution is -0.136. The van der Waals surface area contributed by atoms with Crippen molar-refractivity contribution in [1.82, 2.24) is 29.8 Å². The molecule has 14 heteroatoms. The van der Waals surface area contributed by atoms with E-state index in [1.807, 2.05) is 17.9 Å². The number of nitrogens with one attached hydrogen (secondary N) is 1.